The average molecular weight is 411 g/mol. The van der Waals surface area contributed by atoms with E-state index in [1.54, 1.807) is 13.3 Å². The van der Waals surface area contributed by atoms with Crippen molar-refractivity contribution < 1.29 is 19.1 Å². The summed E-state index contributed by atoms with van der Waals surface area (Å²) in [6.07, 6.45) is 6.17. The highest BCUT2D eigenvalue weighted by Crippen LogP contribution is 2.28. The highest BCUT2D eigenvalue weighted by molar-refractivity contribution is 5.81. The Kier molecular flexibility index (Phi) is 8.12. The van der Waals surface area contributed by atoms with Crippen LogP contribution in [-0.4, -0.2) is 31.9 Å². The van der Waals surface area contributed by atoms with Crippen LogP contribution in [0.1, 0.15) is 43.7 Å². The first kappa shape index (κ1) is 21.7. The maximum atomic E-state index is 12.1. The van der Waals surface area contributed by atoms with Crippen molar-refractivity contribution in [1.29, 1.82) is 0 Å². The van der Waals surface area contributed by atoms with Crippen LogP contribution in [0.5, 0.6) is 11.5 Å². The van der Waals surface area contributed by atoms with Gasteiger partial charge in [-0.05, 0) is 42.5 Å². The SMILES string of the molecule is COc1cc(/C=N/OCC(=O)NC2CCCCC2C)ccc1OCc1ccccc1. The molecular formula is C24H30N2O4. The summed E-state index contributed by atoms with van der Waals surface area (Å²) in [5.41, 5.74) is 1.87. The van der Waals surface area contributed by atoms with Gasteiger partial charge in [0.25, 0.3) is 5.91 Å². The van der Waals surface area contributed by atoms with Gasteiger partial charge < -0.3 is 19.6 Å². The van der Waals surface area contributed by atoms with Crippen LogP contribution in [0.25, 0.3) is 0 Å². The molecule has 1 N–H and O–H groups in total. The van der Waals surface area contributed by atoms with Crippen LogP contribution in [-0.2, 0) is 16.2 Å². The number of nitrogens with zero attached hydrogens (tertiary/aromatic N) is 1. The molecule has 2 aromatic rings. The average Bonchev–Trinajstić information content (AvgIpc) is 2.78. The van der Waals surface area contributed by atoms with Crippen LogP contribution in [0, 0.1) is 5.92 Å². The molecule has 0 bridgehead atoms. The van der Waals surface area contributed by atoms with Gasteiger partial charge in [-0.15, -0.1) is 0 Å². The van der Waals surface area contributed by atoms with Crippen LogP contribution in [0.15, 0.2) is 53.7 Å². The summed E-state index contributed by atoms with van der Waals surface area (Å²) in [5.74, 6) is 1.65. The third-order valence-corrected chi connectivity index (χ3v) is 5.35. The second-order valence-corrected chi connectivity index (χ2v) is 7.63. The van der Waals surface area contributed by atoms with E-state index in [0.717, 1.165) is 24.0 Å². The van der Waals surface area contributed by atoms with E-state index in [0.29, 0.717) is 24.0 Å². The minimum absolute atomic E-state index is 0.0882. The highest BCUT2D eigenvalue weighted by atomic mass is 16.6. The van der Waals surface area contributed by atoms with Crippen molar-refractivity contribution in [3.8, 4) is 11.5 Å². The minimum Gasteiger partial charge on any atom is -0.493 e. The Hall–Kier alpha value is -3.02. The summed E-state index contributed by atoms with van der Waals surface area (Å²) >= 11 is 0. The topological polar surface area (TPSA) is 69.2 Å². The maximum Gasteiger partial charge on any atom is 0.261 e. The third kappa shape index (κ3) is 6.51. The van der Waals surface area contributed by atoms with E-state index in [1.807, 2.05) is 48.5 Å². The molecule has 6 nitrogen and oxygen atoms in total. The Balaban J connectivity index is 1.47. The molecular weight excluding hydrogens is 380 g/mol. The number of benzene rings is 2. The van der Waals surface area contributed by atoms with Crippen molar-refractivity contribution in [2.45, 2.75) is 45.3 Å². The van der Waals surface area contributed by atoms with Gasteiger partial charge in [-0.1, -0.05) is 55.3 Å². The lowest BCUT2D eigenvalue weighted by molar-refractivity contribution is -0.126. The largest absolute Gasteiger partial charge is 0.493 e. The Morgan fingerprint density at radius 1 is 1.13 bits per heavy atom. The van der Waals surface area contributed by atoms with E-state index in [4.69, 9.17) is 14.3 Å². The van der Waals surface area contributed by atoms with Crippen molar-refractivity contribution in [1.82, 2.24) is 5.32 Å². The molecule has 160 valence electrons. The van der Waals surface area contributed by atoms with Gasteiger partial charge >= 0.3 is 0 Å². The molecule has 0 aromatic heterocycles. The number of nitrogens with one attached hydrogen (secondary N) is 1. The number of carbonyl (C=O) groups is 1. The smallest absolute Gasteiger partial charge is 0.261 e. The van der Waals surface area contributed by atoms with E-state index in [1.165, 1.54) is 12.8 Å². The fourth-order valence-electron chi connectivity index (χ4n) is 3.59. The predicted molar refractivity (Wildman–Crippen MR) is 117 cm³/mol. The monoisotopic (exact) mass is 410 g/mol. The number of hydrogen-bond acceptors (Lipinski definition) is 5. The zero-order valence-electron chi connectivity index (χ0n) is 17.7. The second-order valence-electron chi connectivity index (χ2n) is 7.63. The zero-order valence-corrected chi connectivity index (χ0v) is 17.7. The third-order valence-electron chi connectivity index (χ3n) is 5.35. The van der Waals surface area contributed by atoms with E-state index >= 15 is 0 Å². The lowest BCUT2D eigenvalue weighted by atomic mass is 9.86. The predicted octanol–water partition coefficient (Wildman–Crippen LogP) is 4.32. The van der Waals surface area contributed by atoms with Gasteiger partial charge in [0.05, 0.1) is 13.3 Å². The molecule has 1 saturated carbocycles. The van der Waals surface area contributed by atoms with Gasteiger partial charge in [0.2, 0.25) is 0 Å². The van der Waals surface area contributed by atoms with E-state index in [2.05, 4.69) is 17.4 Å². The first-order chi connectivity index (χ1) is 14.7. The molecule has 1 aliphatic carbocycles. The lowest BCUT2D eigenvalue weighted by Crippen LogP contribution is -2.42. The summed E-state index contributed by atoms with van der Waals surface area (Å²) in [6.45, 7) is 2.56. The van der Waals surface area contributed by atoms with Crippen molar-refractivity contribution in [2.24, 2.45) is 11.1 Å². The molecule has 2 unspecified atom stereocenters. The van der Waals surface area contributed by atoms with Crippen molar-refractivity contribution in [2.75, 3.05) is 13.7 Å². The number of amides is 1. The number of oxime groups is 1. The molecule has 1 fully saturated rings. The number of carbonyl (C=O) groups excluding carboxylic acids is 1. The summed E-state index contributed by atoms with van der Waals surface area (Å²) in [5, 5.41) is 6.96. The first-order valence-electron chi connectivity index (χ1n) is 10.4. The van der Waals surface area contributed by atoms with Crippen molar-refractivity contribution >= 4 is 12.1 Å². The summed E-state index contributed by atoms with van der Waals surface area (Å²) < 4.78 is 11.3. The van der Waals surface area contributed by atoms with Crippen LogP contribution in [0.2, 0.25) is 0 Å². The maximum absolute atomic E-state index is 12.1. The standard InChI is InChI=1S/C24H30N2O4/c1-18-8-6-7-11-21(18)26-24(27)17-30-25-15-20-12-13-22(23(14-20)28-2)29-16-19-9-4-3-5-10-19/h3-5,9-10,12-15,18,21H,6-8,11,16-17H2,1-2H3,(H,26,27)/b25-15+. The number of methoxy groups -OCH3 is 1. The van der Waals surface area contributed by atoms with Gasteiger partial charge in [-0.3, -0.25) is 4.79 Å². The highest BCUT2D eigenvalue weighted by Gasteiger charge is 2.22. The van der Waals surface area contributed by atoms with E-state index in [9.17, 15) is 4.79 Å². The molecule has 0 aliphatic heterocycles. The van der Waals surface area contributed by atoms with Gasteiger partial charge in [-0.2, -0.15) is 0 Å². The molecule has 2 aromatic carbocycles. The normalized spacial score (nSPS) is 18.7. The fourth-order valence-corrected chi connectivity index (χ4v) is 3.59. The molecule has 6 heteroatoms. The fraction of sp³-hybridized carbons (Fsp3) is 0.417. The Morgan fingerprint density at radius 2 is 1.93 bits per heavy atom. The van der Waals surface area contributed by atoms with Gasteiger partial charge in [0.1, 0.15) is 6.61 Å². The van der Waals surface area contributed by atoms with Gasteiger partial charge in [0.15, 0.2) is 18.1 Å². The van der Waals surface area contributed by atoms with Crippen molar-refractivity contribution in [3.63, 3.8) is 0 Å². The summed E-state index contributed by atoms with van der Waals surface area (Å²) in [6, 6.07) is 15.7. The first-order valence-corrected chi connectivity index (χ1v) is 10.4. The zero-order chi connectivity index (χ0) is 21.2. The Morgan fingerprint density at radius 3 is 2.70 bits per heavy atom. The molecule has 2 atom stereocenters. The molecule has 0 radical (unpaired) electrons. The van der Waals surface area contributed by atoms with Gasteiger partial charge in [0, 0.05) is 11.6 Å². The minimum atomic E-state index is -0.131. The van der Waals surface area contributed by atoms with Crippen molar-refractivity contribution in [3.05, 3.63) is 59.7 Å². The molecule has 30 heavy (non-hydrogen) atoms. The quantitative estimate of drug-likeness (QED) is 0.494. The van der Waals surface area contributed by atoms with Crippen LogP contribution >= 0.6 is 0 Å². The van der Waals surface area contributed by atoms with E-state index in [-0.39, 0.29) is 18.6 Å². The molecule has 0 saturated heterocycles. The number of rotatable bonds is 9. The summed E-state index contributed by atoms with van der Waals surface area (Å²) in [4.78, 5) is 17.2. The molecule has 1 amide bonds. The molecule has 3 rings (SSSR count). The van der Waals surface area contributed by atoms with E-state index < -0.39 is 0 Å². The summed E-state index contributed by atoms with van der Waals surface area (Å²) in [7, 11) is 1.60. The Bertz CT molecular complexity index is 838. The number of hydrogen-bond donors (Lipinski definition) is 1. The number of ether oxygens (including phenoxy) is 2. The second kappa shape index (κ2) is 11.2. The van der Waals surface area contributed by atoms with Gasteiger partial charge in [-0.25, -0.2) is 0 Å². The molecule has 1 aliphatic rings. The molecule has 0 heterocycles. The lowest BCUT2D eigenvalue weighted by Gasteiger charge is -2.29. The van der Waals surface area contributed by atoms with Crippen LogP contribution < -0.4 is 14.8 Å². The van der Waals surface area contributed by atoms with Crippen LogP contribution in [0.3, 0.4) is 0 Å². The van der Waals surface area contributed by atoms with Crippen LogP contribution in [0.4, 0.5) is 0 Å². The molecule has 0 spiro atoms. The Labute approximate surface area is 178 Å².